The molecule has 0 aliphatic heterocycles. The fourth-order valence-corrected chi connectivity index (χ4v) is 2.07. The fourth-order valence-electron chi connectivity index (χ4n) is 2.07. The van der Waals surface area contributed by atoms with Crippen molar-refractivity contribution in [2.24, 2.45) is 4.99 Å². The molecule has 0 aliphatic carbocycles. The van der Waals surface area contributed by atoms with Crippen LogP contribution >= 0.6 is 24.0 Å². The molecule has 0 spiro atoms. The van der Waals surface area contributed by atoms with Crippen LogP contribution in [0.2, 0.25) is 0 Å². The number of hydrogen-bond donors (Lipinski definition) is 2. The number of guanidine groups is 1. The van der Waals surface area contributed by atoms with E-state index in [2.05, 4.69) is 15.6 Å². The lowest BCUT2D eigenvalue weighted by Crippen LogP contribution is -2.36. The van der Waals surface area contributed by atoms with Gasteiger partial charge in [0.2, 0.25) is 0 Å². The minimum atomic E-state index is -0.457. The zero-order chi connectivity index (χ0) is 15.9. The molecule has 0 fully saturated rings. The van der Waals surface area contributed by atoms with E-state index in [0.717, 1.165) is 17.7 Å². The van der Waals surface area contributed by atoms with Crippen LogP contribution in [-0.4, -0.2) is 13.0 Å². The Morgan fingerprint density at radius 3 is 2.30 bits per heavy atom. The average Bonchev–Trinajstić information content (AvgIpc) is 2.52. The van der Waals surface area contributed by atoms with Gasteiger partial charge in [-0.2, -0.15) is 0 Å². The van der Waals surface area contributed by atoms with E-state index in [0.29, 0.717) is 12.5 Å². The van der Waals surface area contributed by atoms with E-state index in [9.17, 15) is 8.78 Å². The SMILES string of the molecule is CN=C(NCc1ccccc1C)NCc1cc(F)ccc1F.I. The van der Waals surface area contributed by atoms with Gasteiger partial charge < -0.3 is 10.6 Å². The molecule has 2 aromatic carbocycles. The van der Waals surface area contributed by atoms with Crippen LogP contribution in [0, 0.1) is 18.6 Å². The van der Waals surface area contributed by atoms with Crippen molar-refractivity contribution in [3.63, 3.8) is 0 Å². The Hall–Kier alpha value is -1.70. The van der Waals surface area contributed by atoms with Crippen molar-refractivity contribution in [2.45, 2.75) is 20.0 Å². The second-order valence-electron chi connectivity index (χ2n) is 4.94. The molecular weight excluding hydrogens is 411 g/mol. The summed E-state index contributed by atoms with van der Waals surface area (Å²) in [6.07, 6.45) is 0. The highest BCUT2D eigenvalue weighted by molar-refractivity contribution is 14.0. The van der Waals surface area contributed by atoms with Gasteiger partial charge in [0, 0.05) is 25.7 Å². The summed E-state index contributed by atoms with van der Waals surface area (Å²) in [6, 6.07) is 11.4. The summed E-state index contributed by atoms with van der Waals surface area (Å²) in [5.74, 6) is -0.365. The predicted molar refractivity (Wildman–Crippen MR) is 100.0 cm³/mol. The Morgan fingerprint density at radius 1 is 1.00 bits per heavy atom. The maximum absolute atomic E-state index is 13.6. The molecule has 23 heavy (non-hydrogen) atoms. The van der Waals surface area contributed by atoms with Crippen molar-refractivity contribution in [1.29, 1.82) is 0 Å². The first-order chi connectivity index (χ1) is 10.6. The quantitative estimate of drug-likeness (QED) is 0.440. The molecule has 0 saturated heterocycles. The lowest BCUT2D eigenvalue weighted by atomic mass is 10.1. The summed E-state index contributed by atoms with van der Waals surface area (Å²) in [5, 5.41) is 6.13. The lowest BCUT2D eigenvalue weighted by molar-refractivity contribution is 0.581. The molecule has 0 unspecified atom stereocenters. The number of benzene rings is 2. The van der Waals surface area contributed by atoms with E-state index in [1.807, 2.05) is 31.2 Å². The minimum Gasteiger partial charge on any atom is -0.352 e. The lowest BCUT2D eigenvalue weighted by Gasteiger charge is -2.13. The van der Waals surface area contributed by atoms with E-state index in [1.165, 1.54) is 11.6 Å². The van der Waals surface area contributed by atoms with Crippen molar-refractivity contribution in [2.75, 3.05) is 7.05 Å². The molecule has 0 radical (unpaired) electrons. The van der Waals surface area contributed by atoms with Gasteiger partial charge >= 0.3 is 0 Å². The number of halogens is 3. The van der Waals surface area contributed by atoms with Crippen molar-refractivity contribution in [3.05, 3.63) is 70.8 Å². The Morgan fingerprint density at radius 2 is 1.65 bits per heavy atom. The number of nitrogens with zero attached hydrogens (tertiary/aromatic N) is 1. The average molecular weight is 431 g/mol. The van der Waals surface area contributed by atoms with E-state index in [1.54, 1.807) is 7.05 Å². The third-order valence-corrected chi connectivity index (χ3v) is 3.39. The highest BCUT2D eigenvalue weighted by Gasteiger charge is 2.05. The van der Waals surface area contributed by atoms with Crippen LogP contribution in [0.4, 0.5) is 8.78 Å². The van der Waals surface area contributed by atoms with Gasteiger partial charge in [-0.3, -0.25) is 4.99 Å². The van der Waals surface area contributed by atoms with Crippen LogP contribution in [0.25, 0.3) is 0 Å². The normalized spacial score (nSPS) is 10.9. The van der Waals surface area contributed by atoms with Gasteiger partial charge in [0.05, 0.1) is 0 Å². The summed E-state index contributed by atoms with van der Waals surface area (Å²) in [7, 11) is 1.63. The highest BCUT2D eigenvalue weighted by Crippen LogP contribution is 2.09. The van der Waals surface area contributed by atoms with Gasteiger partial charge in [-0.1, -0.05) is 24.3 Å². The van der Waals surface area contributed by atoms with Crippen molar-refractivity contribution < 1.29 is 8.78 Å². The molecule has 2 rings (SSSR count). The second-order valence-corrected chi connectivity index (χ2v) is 4.94. The van der Waals surface area contributed by atoms with Crippen molar-refractivity contribution >= 4 is 29.9 Å². The first-order valence-electron chi connectivity index (χ1n) is 7.03. The van der Waals surface area contributed by atoms with E-state index in [-0.39, 0.29) is 36.1 Å². The molecule has 2 aromatic rings. The van der Waals surface area contributed by atoms with Crippen molar-refractivity contribution in [3.8, 4) is 0 Å². The molecule has 0 saturated carbocycles. The van der Waals surface area contributed by atoms with Crippen LogP contribution in [0.5, 0.6) is 0 Å². The number of hydrogen-bond acceptors (Lipinski definition) is 1. The van der Waals surface area contributed by atoms with Crippen LogP contribution in [0.15, 0.2) is 47.5 Å². The first kappa shape index (κ1) is 19.3. The van der Waals surface area contributed by atoms with Crippen LogP contribution < -0.4 is 10.6 Å². The monoisotopic (exact) mass is 431 g/mol. The standard InChI is InChI=1S/C17H19F2N3.HI/c1-12-5-3-4-6-13(12)10-21-17(20-2)22-11-14-9-15(18)7-8-16(14)19;/h3-9H,10-11H2,1-2H3,(H2,20,21,22);1H. The van der Waals surface area contributed by atoms with Crippen LogP contribution in [-0.2, 0) is 13.1 Å². The predicted octanol–water partition coefficient (Wildman–Crippen LogP) is 3.76. The summed E-state index contributed by atoms with van der Waals surface area (Å²) in [6.45, 7) is 2.81. The largest absolute Gasteiger partial charge is 0.352 e. The van der Waals surface area contributed by atoms with Crippen LogP contribution in [0.1, 0.15) is 16.7 Å². The molecular formula is C17H20F2IN3. The molecule has 0 heterocycles. The van der Waals surface area contributed by atoms with Crippen molar-refractivity contribution in [1.82, 2.24) is 10.6 Å². The Labute approximate surface area is 152 Å². The van der Waals surface area contributed by atoms with E-state index in [4.69, 9.17) is 0 Å². The molecule has 3 nitrogen and oxygen atoms in total. The molecule has 6 heteroatoms. The number of rotatable bonds is 4. The zero-order valence-corrected chi connectivity index (χ0v) is 15.4. The van der Waals surface area contributed by atoms with Gasteiger partial charge in [0.25, 0.3) is 0 Å². The number of nitrogens with one attached hydrogen (secondary N) is 2. The third-order valence-electron chi connectivity index (χ3n) is 3.39. The fraction of sp³-hybridized carbons (Fsp3) is 0.235. The van der Waals surface area contributed by atoms with E-state index >= 15 is 0 Å². The molecule has 0 aromatic heterocycles. The Kier molecular flexibility index (Phi) is 7.94. The minimum absolute atomic E-state index is 0. The molecule has 124 valence electrons. The zero-order valence-electron chi connectivity index (χ0n) is 13.1. The highest BCUT2D eigenvalue weighted by atomic mass is 127. The Balaban J connectivity index is 0.00000264. The third kappa shape index (κ3) is 5.78. The van der Waals surface area contributed by atoms with Gasteiger partial charge in [-0.25, -0.2) is 8.78 Å². The first-order valence-corrected chi connectivity index (χ1v) is 7.03. The summed E-state index contributed by atoms with van der Waals surface area (Å²) < 4.78 is 26.7. The maximum Gasteiger partial charge on any atom is 0.191 e. The molecule has 0 aliphatic rings. The Bertz CT molecular complexity index is 675. The van der Waals surface area contributed by atoms with Gasteiger partial charge in [-0.05, 0) is 36.2 Å². The molecule has 2 N–H and O–H groups in total. The molecule has 0 bridgehead atoms. The van der Waals surface area contributed by atoms with Crippen LogP contribution in [0.3, 0.4) is 0 Å². The van der Waals surface area contributed by atoms with Gasteiger partial charge in [0.15, 0.2) is 5.96 Å². The topological polar surface area (TPSA) is 36.4 Å². The maximum atomic E-state index is 13.6. The summed E-state index contributed by atoms with van der Waals surface area (Å²) in [5.41, 5.74) is 2.60. The molecule has 0 amide bonds. The summed E-state index contributed by atoms with van der Waals surface area (Å²) >= 11 is 0. The number of aryl methyl sites for hydroxylation is 1. The summed E-state index contributed by atoms with van der Waals surface area (Å²) in [4.78, 5) is 4.08. The van der Waals surface area contributed by atoms with E-state index < -0.39 is 11.6 Å². The second kappa shape index (κ2) is 9.44. The van der Waals surface area contributed by atoms with Gasteiger partial charge in [-0.15, -0.1) is 24.0 Å². The molecule has 0 atom stereocenters. The smallest absolute Gasteiger partial charge is 0.191 e. The van der Waals surface area contributed by atoms with Gasteiger partial charge in [0.1, 0.15) is 11.6 Å². The number of aliphatic imine (C=N–C) groups is 1.